The van der Waals surface area contributed by atoms with Crippen molar-refractivity contribution in [2.24, 2.45) is 0 Å². The largest absolute Gasteiger partial charge is 0.333 e. The zero-order valence-electron chi connectivity index (χ0n) is 16.3. The molecule has 3 rings (SSSR count). The number of carbonyl (C=O) groups is 1. The standard InChI is InChI=1S/C23H30N2O/c1-18-9-11-20(12-10-18)16-23(26)24(3)22(17-25-13-4-5-14-25)21-8-6-7-19(2)15-21/h6-12,15,22H,4-5,13-14,16-17H2,1-3H3/p+1. The van der Waals surface area contributed by atoms with Gasteiger partial charge in [0.25, 0.3) is 0 Å². The number of rotatable bonds is 6. The molecule has 26 heavy (non-hydrogen) atoms. The monoisotopic (exact) mass is 351 g/mol. The number of nitrogens with zero attached hydrogens (tertiary/aromatic N) is 1. The van der Waals surface area contributed by atoms with Gasteiger partial charge in [-0.15, -0.1) is 0 Å². The van der Waals surface area contributed by atoms with E-state index in [1.807, 2.05) is 11.9 Å². The van der Waals surface area contributed by atoms with Crippen LogP contribution in [0, 0.1) is 13.8 Å². The molecule has 1 aliphatic heterocycles. The summed E-state index contributed by atoms with van der Waals surface area (Å²) in [6.45, 7) is 7.64. The van der Waals surface area contributed by atoms with Crippen LogP contribution >= 0.6 is 0 Å². The molecule has 1 aliphatic rings. The van der Waals surface area contributed by atoms with Gasteiger partial charge in [-0.1, -0.05) is 59.7 Å². The third kappa shape index (κ3) is 4.73. The van der Waals surface area contributed by atoms with E-state index in [-0.39, 0.29) is 11.9 Å². The van der Waals surface area contributed by atoms with Gasteiger partial charge in [0, 0.05) is 19.9 Å². The summed E-state index contributed by atoms with van der Waals surface area (Å²) in [4.78, 5) is 16.6. The predicted octanol–water partition coefficient (Wildman–Crippen LogP) is 2.72. The van der Waals surface area contributed by atoms with Crippen molar-refractivity contribution < 1.29 is 9.69 Å². The summed E-state index contributed by atoms with van der Waals surface area (Å²) in [6, 6.07) is 17.1. The Morgan fingerprint density at radius 3 is 2.38 bits per heavy atom. The van der Waals surface area contributed by atoms with Crippen molar-refractivity contribution in [1.29, 1.82) is 0 Å². The zero-order valence-corrected chi connectivity index (χ0v) is 16.3. The van der Waals surface area contributed by atoms with Crippen molar-refractivity contribution in [3.8, 4) is 0 Å². The molecule has 1 unspecified atom stereocenters. The van der Waals surface area contributed by atoms with Gasteiger partial charge in [-0.05, 0) is 25.0 Å². The van der Waals surface area contributed by atoms with Crippen molar-refractivity contribution in [1.82, 2.24) is 4.90 Å². The minimum atomic E-state index is 0.140. The van der Waals surface area contributed by atoms with Gasteiger partial charge >= 0.3 is 0 Å². The van der Waals surface area contributed by atoms with Gasteiger partial charge in [0.1, 0.15) is 12.6 Å². The third-order valence-electron chi connectivity index (χ3n) is 5.56. The fourth-order valence-electron chi connectivity index (χ4n) is 3.89. The second-order valence-electron chi connectivity index (χ2n) is 7.76. The van der Waals surface area contributed by atoms with E-state index in [9.17, 15) is 4.79 Å². The number of quaternary nitrogens is 1. The van der Waals surface area contributed by atoms with E-state index in [1.165, 1.54) is 42.6 Å². The Morgan fingerprint density at radius 1 is 1.04 bits per heavy atom. The van der Waals surface area contributed by atoms with Gasteiger partial charge in [0.15, 0.2) is 0 Å². The van der Waals surface area contributed by atoms with Crippen LogP contribution in [-0.2, 0) is 11.2 Å². The smallest absolute Gasteiger partial charge is 0.227 e. The Bertz CT molecular complexity index is 732. The summed E-state index contributed by atoms with van der Waals surface area (Å²) in [7, 11) is 1.97. The Kier molecular flexibility index (Phi) is 6.10. The lowest BCUT2D eigenvalue weighted by Crippen LogP contribution is -3.10. The van der Waals surface area contributed by atoms with Crippen LogP contribution in [0.3, 0.4) is 0 Å². The Morgan fingerprint density at radius 2 is 1.73 bits per heavy atom. The second kappa shape index (κ2) is 8.50. The van der Waals surface area contributed by atoms with Gasteiger partial charge in [0.2, 0.25) is 5.91 Å². The maximum Gasteiger partial charge on any atom is 0.227 e. The Hall–Kier alpha value is -2.13. The van der Waals surface area contributed by atoms with Crippen molar-refractivity contribution >= 4 is 5.91 Å². The number of nitrogens with one attached hydrogen (secondary N) is 1. The molecule has 138 valence electrons. The van der Waals surface area contributed by atoms with Crippen molar-refractivity contribution in [2.75, 3.05) is 26.7 Å². The normalized spacial score (nSPS) is 15.8. The molecule has 1 heterocycles. The fraction of sp³-hybridized carbons (Fsp3) is 0.435. The third-order valence-corrected chi connectivity index (χ3v) is 5.56. The van der Waals surface area contributed by atoms with Gasteiger partial charge in [-0.3, -0.25) is 4.79 Å². The van der Waals surface area contributed by atoms with Crippen LogP contribution in [-0.4, -0.2) is 37.5 Å². The van der Waals surface area contributed by atoms with Crippen LogP contribution in [0.25, 0.3) is 0 Å². The molecule has 0 saturated carbocycles. The molecule has 2 aromatic rings. The predicted molar refractivity (Wildman–Crippen MR) is 106 cm³/mol. The highest BCUT2D eigenvalue weighted by Gasteiger charge is 2.28. The first-order chi connectivity index (χ1) is 12.5. The summed E-state index contributed by atoms with van der Waals surface area (Å²) in [5.41, 5.74) is 4.82. The lowest BCUT2D eigenvalue weighted by atomic mass is 10.0. The highest BCUT2D eigenvalue weighted by molar-refractivity contribution is 5.79. The average Bonchev–Trinajstić information content (AvgIpc) is 3.14. The maximum absolute atomic E-state index is 13.0. The van der Waals surface area contributed by atoms with Gasteiger partial charge in [-0.2, -0.15) is 0 Å². The number of likely N-dealkylation sites (tertiary alicyclic amines) is 1. The molecular formula is C23H31N2O+. The van der Waals surface area contributed by atoms with Gasteiger partial charge in [0.05, 0.1) is 19.5 Å². The van der Waals surface area contributed by atoms with E-state index in [1.54, 1.807) is 4.90 Å². The Labute approximate surface area is 157 Å². The highest BCUT2D eigenvalue weighted by Crippen LogP contribution is 2.21. The molecule has 0 radical (unpaired) electrons. The highest BCUT2D eigenvalue weighted by atomic mass is 16.2. The van der Waals surface area contributed by atoms with E-state index in [2.05, 4.69) is 62.4 Å². The lowest BCUT2D eigenvalue weighted by molar-refractivity contribution is -0.890. The molecular weight excluding hydrogens is 320 g/mol. The summed E-state index contributed by atoms with van der Waals surface area (Å²) in [5, 5.41) is 0. The minimum absolute atomic E-state index is 0.140. The second-order valence-corrected chi connectivity index (χ2v) is 7.76. The minimum Gasteiger partial charge on any atom is -0.333 e. The molecule has 0 aliphatic carbocycles. The topological polar surface area (TPSA) is 24.8 Å². The number of likely N-dealkylation sites (N-methyl/N-ethyl adjacent to an activating group) is 1. The van der Waals surface area contributed by atoms with Crippen molar-refractivity contribution in [3.05, 3.63) is 70.8 Å². The number of benzene rings is 2. The van der Waals surface area contributed by atoms with Crippen LogP contribution in [0.1, 0.15) is 41.1 Å². The van der Waals surface area contributed by atoms with Crippen LogP contribution < -0.4 is 4.90 Å². The molecule has 3 heteroatoms. The number of carbonyl (C=O) groups excluding carboxylic acids is 1. The SMILES string of the molecule is Cc1ccc(CC(=O)N(C)C(C[NH+]2CCCC2)c2cccc(C)c2)cc1. The van der Waals surface area contributed by atoms with E-state index in [0.29, 0.717) is 6.42 Å². The fourth-order valence-corrected chi connectivity index (χ4v) is 3.89. The first kappa shape index (κ1) is 18.7. The molecule has 1 fully saturated rings. The first-order valence-electron chi connectivity index (χ1n) is 9.74. The van der Waals surface area contributed by atoms with Gasteiger partial charge in [-0.25, -0.2) is 0 Å². The molecule has 2 aromatic carbocycles. The van der Waals surface area contributed by atoms with Crippen LogP contribution in [0.15, 0.2) is 48.5 Å². The average molecular weight is 352 g/mol. The summed E-state index contributed by atoms with van der Waals surface area (Å²) in [5.74, 6) is 0.193. The summed E-state index contributed by atoms with van der Waals surface area (Å²) < 4.78 is 0. The Balaban J connectivity index is 1.77. The molecule has 1 amide bonds. The lowest BCUT2D eigenvalue weighted by Gasteiger charge is -2.30. The van der Waals surface area contributed by atoms with E-state index in [4.69, 9.17) is 0 Å². The maximum atomic E-state index is 13.0. The van der Waals surface area contributed by atoms with Crippen molar-refractivity contribution in [2.45, 2.75) is 39.2 Å². The zero-order chi connectivity index (χ0) is 18.5. The van der Waals surface area contributed by atoms with Crippen LogP contribution in [0.4, 0.5) is 0 Å². The quantitative estimate of drug-likeness (QED) is 0.850. The summed E-state index contributed by atoms with van der Waals surface area (Å²) in [6.07, 6.45) is 3.07. The molecule has 1 N–H and O–H groups in total. The van der Waals surface area contributed by atoms with E-state index in [0.717, 1.165) is 12.1 Å². The first-order valence-corrected chi connectivity index (χ1v) is 9.74. The molecule has 1 atom stereocenters. The molecule has 3 nitrogen and oxygen atoms in total. The van der Waals surface area contributed by atoms with Crippen LogP contribution in [0.5, 0.6) is 0 Å². The molecule has 0 spiro atoms. The van der Waals surface area contributed by atoms with Crippen LogP contribution in [0.2, 0.25) is 0 Å². The molecule has 0 bridgehead atoms. The number of hydrogen-bond acceptors (Lipinski definition) is 1. The molecule has 1 saturated heterocycles. The summed E-state index contributed by atoms with van der Waals surface area (Å²) >= 11 is 0. The van der Waals surface area contributed by atoms with E-state index < -0.39 is 0 Å². The number of hydrogen-bond donors (Lipinski definition) is 1. The van der Waals surface area contributed by atoms with Crippen molar-refractivity contribution in [3.63, 3.8) is 0 Å². The van der Waals surface area contributed by atoms with E-state index >= 15 is 0 Å². The van der Waals surface area contributed by atoms with Gasteiger partial charge < -0.3 is 9.80 Å². The number of amides is 1. The molecule has 0 aromatic heterocycles. The number of aryl methyl sites for hydroxylation is 2.